The molecule has 0 aliphatic carbocycles. The number of nitrogens with one attached hydrogen (secondary N) is 1. The molecule has 4 nitrogen and oxygen atoms in total. The monoisotopic (exact) mass is 330 g/mol. The first-order chi connectivity index (χ1) is 9.97. The lowest BCUT2D eigenvalue weighted by atomic mass is 10.1. The average molecular weight is 331 g/mol. The Hall–Kier alpha value is -0.970. The van der Waals surface area contributed by atoms with E-state index in [-0.39, 0.29) is 18.2 Å². The van der Waals surface area contributed by atoms with Gasteiger partial charge >= 0.3 is 6.03 Å². The van der Waals surface area contributed by atoms with E-state index in [4.69, 9.17) is 27.9 Å². The Bertz CT molecular complexity index is 504. The number of carbonyl (C=O) groups excluding carboxylic acids is 1. The van der Waals surface area contributed by atoms with Gasteiger partial charge in [-0.25, -0.2) is 4.79 Å². The quantitative estimate of drug-likeness (QED) is 0.914. The largest absolute Gasteiger partial charge is 0.376 e. The van der Waals surface area contributed by atoms with Crippen molar-refractivity contribution in [3.63, 3.8) is 0 Å². The van der Waals surface area contributed by atoms with Gasteiger partial charge in [-0.05, 0) is 37.5 Å². The molecule has 1 aliphatic heterocycles. The van der Waals surface area contributed by atoms with Crippen molar-refractivity contribution in [3.05, 3.63) is 33.8 Å². The molecule has 0 aromatic heterocycles. The number of hydrogen-bond acceptors (Lipinski definition) is 2. The first kappa shape index (κ1) is 16.4. The molecule has 2 atom stereocenters. The molecule has 1 saturated heterocycles. The lowest BCUT2D eigenvalue weighted by Crippen LogP contribution is -2.46. The third-order valence-electron chi connectivity index (χ3n) is 3.64. The van der Waals surface area contributed by atoms with Gasteiger partial charge in [0.05, 0.1) is 12.1 Å². The van der Waals surface area contributed by atoms with Crippen LogP contribution in [0.25, 0.3) is 0 Å². The molecule has 0 unspecified atom stereocenters. The zero-order valence-corrected chi connectivity index (χ0v) is 13.7. The van der Waals surface area contributed by atoms with Crippen molar-refractivity contribution in [1.29, 1.82) is 0 Å². The molecule has 116 valence electrons. The third kappa shape index (κ3) is 4.50. The topological polar surface area (TPSA) is 41.6 Å². The lowest BCUT2D eigenvalue weighted by molar-refractivity contribution is 0.0838. The summed E-state index contributed by atoms with van der Waals surface area (Å²) in [5.74, 6) is 0. The highest BCUT2D eigenvalue weighted by molar-refractivity contribution is 6.35. The van der Waals surface area contributed by atoms with Crippen LogP contribution < -0.4 is 5.32 Å². The van der Waals surface area contributed by atoms with Crippen LogP contribution in [0, 0.1) is 0 Å². The zero-order chi connectivity index (χ0) is 15.4. The maximum atomic E-state index is 12.2. The molecule has 1 heterocycles. The Morgan fingerprint density at radius 3 is 2.90 bits per heavy atom. The van der Waals surface area contributed by atoms with E-state index in [1.165, 1.54) is 0 Å². The second kappa shape index (κ2) is 7.34. The molecule has 1 aliphatic rings. The molecular formula is C15H20Cl2N2O2. The average Bonchev–Trinajstić information content (AvgIpc) is 2.95. The van der Waals surface area contributed by atoms with Gasteiger partial charge in [-0.2, -0.15) is 0 Å². The number of rotatable bonds is 4. The molecule has 0 spiro atoms. The molecule has 2 amide bonds. The molecule has 2 rings (SSSR count). The van der Waals surface area contributed by atoms with Crippen LogP contribution in [-0.4, -0.2) is 36.7 Å². The van der Waals surface area contributed by atoms with E-state index in [0.717, 1.165) is 25.0 Å². The second-order valence-electron chi connectivity index (χ2n) is 5.38. The number of halogens is 2. The fraction of sp³-hybridized carbons (Fsp3) is 0.533. The molecule has 0 radical (unpaired) electrons. The van der Waals surface area contributed by atoms with E-state index in [0.29, 0.717) is 16.6 Å². The van der Waals surface area contributed by atoms with Gasteiger partial charge in [-0.15, -0.1) is 0 Å². The molecule has 1 fully saturated rings. The number of amides is 2. The molecule has 6 heteroatoms. The van der Waals surface area contributed by atoms with Gasteiger partial charge in [0.2, 0.25) is 0 Å². The summed E-state index contributed by atoms with van der Waals surface area (Å²) in [6.07, 6.45) is 2.16. The van der Waals surface area contributed by atoms with Crippen LogP contribution in [0.5, 0.6) is 0 Å². The van der Waals surface area contributed by atoms with Crippen molar-refractivity contribution >= 4 is 29.2 Å². The number of ether oxygens (including phenoxy) is 1. The Morgan fingerprint density at radius 2 is 2.29 bits per heavy atom. The van der Waals surface area contributed by atoms with Crippen LogP contribution in [0.4, 0.5) is 4.79 Å². The summed E-state index contributed by atoms with van der Waals surface area (Å²) in [6, 6.07) is 5.15. The summed E-state index contributed by atoms with van der Waals surface area (Å²) in [5.41, 5.74) is 0.864. The van der Waals surface area contributed by atoms with Crippen LogP contribution in [0.1, 0.15) is 25.3 Å². The van der Waals surface area contributed by atoms with Crippen LogP contribution in [0.2, 0.25) is 10.0 Å². The fourth-order valence-corrected chi connectivity index (χ4v) is 2.84. The number of urea groups is 1. The van der Waals surface area contributed by atoms with Crippen molar-refractivity contribution in [1.82, 2.24) is 10.2 Å². The van der Waals surface area contributed by atoms with E-state index in [1.54, 1.807) is 24.1 Å². The van der Waals surface area contributed by atoms with Crippen LogP contribution in [-0.2, 0) is 11.3 Å². The summed E-state index contributed by atoms with van der Waals surface area (Å²) in [7, 11) is 1.74. The van der Waals surface area contributed by atoms with E-state index >= 15 is 0 Å². The lowest BCUT2D eigenvalue weighted by Gasteiger charge is -2.24. The van der Waals surface area contributed by atoms with Crippen molar-refractivity contribution < 1.29 is 9.53 Å². The standard InChI is InChI=1S/C15H20Cl2N2O2/c1-10(14-4-3-7-21-14)18-15(20)19(2)9-11-5-6-12(16)8-13(11)17/h5-6,8,10,14H,3-4,7,9H2,1-2H3,(H,18,20)/t10-,14+/m1/s1. The molecule has 21 heavy (non-hydrogen) atoms. The molecule has 0 bridgehead atoms. The van der Waals surface area contributed by atoms with Crippen LogP contribution >= 0.6 is 23.2 Å². The van der Waals surface area contributed by atoms with Gasteiger partial charge in [0.15, 0.2) is 0 Å². The highest BCUT2D eigenvalue weighted by Gasteiger charge is 2.24. The number of hydrogen-bond donors (Lipinski definition) is 1. The SMILES string of the molecule is C[C@@H](NC(=O)N(C)Cc1ccc(Cl)cc1Cl)[C@@H]1CCCO1. The smallest absolute Gasteiger partial charge is 0.317 e. The molecule has 1 aromatic rings. The number of nitrogens with zero attached hydrogens (tertiary/aromatic N) is 1. The molecule has 1 aromatic carbocycles. The first-order valence-corrected chi connectivity index (χ1v) is 7.80. The third-order valence-corrected chi connectivity index (χ3v) is 4.23. The highest BCUT2D eigenvalue weighted by Crippen LogP contribution is 2.22. The Balaban J connectivity index is 1.89. The zero-order valence-electron chi connectivity index (χ0n) is 12.2. The summed E-state index contributed by atoms with van der Waals surface area (Å²) in [6.45, 7) is 3.18. The van der Waals surface area contributed by atoms with Crippen molar-refractivity contribution in [2.45, 2.75) is 38.5 Å². The Labute approximate surface area is 135 Å². The summed E-state index contributed by atoms with van der Waals surface area (Å²) in [4.78, 5) is 13.8. The van der Waals surface area contributed by atoms with Crippen molar-refractivity contribution in [2.75, 3.05) is 13.7 Å². The van der Waals surface area contributed by atoms with Gasteiger partial charge in [0, 0.05) is 30.2 Å². The Kier molecular flexibility index (Phi) is 5.73. The maximum absolute atomic E-state index is 12.2. The molecule has 0 saturated carbocycles. The molecular weight excluding hydrogens is 311 g/mol. The maximum Gasteiger partial charge on any atom is 0.317 e. The van der Waals surface area contributed by atoms with E-state index < -0.39 is 0 Å². The van der Waals surface area contributed by atoms with Gasteiger partial charge in [0.25, 0.3) is 0 Å². The van der Waals surface area contributed by atoms with E-state index in [1.807, 2.05) is 13.0 Å². The predicted octanol–water partition coefficient (Wildman–Crippen LogP) is 3.70. The number of benzene rings is 1. The normalized spacial score (nSPS) is 19.3. The van der Waals surface area contributed by atoms with Gasteiger partial charge in [0.1, 0.15) is 0 Å². The minimum absolute atomic E-state index is 0.00291. The first-order valence-electron chi connectivity index (χ1n) is 7.04. The van der Waals surface area contributed by atoms with Crippen molar-refractivity contribution in [3.8, 4) is 0 Å². The summed E-state index contributed by atoms with van der Waals surface area (Å²) in [5, 5.41) is 4.12. The van der Waals surface area contributed by atoms with Gasteiger partial charge < -0.3 is 15.0 Å². The second-order valence-corrected chi connectivity index (χ2v) is 6.23. The van der Waals surface area contributed by atoms with Gasteiger partial charge in [-0.3, -0.25) is 0 Å². The van der Waals surface area contributed by atoms with Gasteiger partial charge in [-0.1, -0.05) is 29.3 Å². The number of carbonyl (C=O) groups is 1. The summed E-state index contributed by atoms with van der Waals surface area (Å²) < 4.78 is 5.58. The predicted molar refractivity (Wildman–Crippen MR) is 84.9 cm³/mol. The highest BCUT2D eigenvalue weighted by atomic mass is 35.5. The Morgan fingerprint density at radius 1 is 1.52 bits per heavy atom. The van der Waals surface area contributed by atoms with Crippen LogP contribution in [0.15, 0.2) is 18.2 Å². The fourth-order valence-electron chi connectivity index (χ4n) is 2.37. The minimum Gasteiger partial charge on any atom is -0.376 e. The van der Waals surface area contributed by atoms with Crippen LogP contribution in [0.3, 0.4) is 0 Å². The van der Waals surface area contributed by atoms with Crippen molar-refractivity contribution in [2.24, 2.45) is 0 Å². The summed E-state index contributed by atoms with van der Waals surface area (Å²) >= 11 is 12.0. The minimum atomic E-state index is -0.135. The molecule has 1 N–H and O–H groups in total. The van der Waals surface area contributed by atoms with E-state index in [9.17, 15) is 4.79 Å². The van der Waals surface area contributed by atoms with E-state index in [2.05, 4.69) is 5.32 Å².